The van der Waals surface area contributed by atoms with Gasteiger partial charge < -0.3 is 10.1 Å². The molecule has 4 heteroatoms. The molecule has 0 atom stereocenters. The fraction of sp³-hybridized carbons (Fsp3) is 0.0714. The van der Waals surface area contributed by atoms with E-state index in [0.717, 1.165) is 5.69 Å². The zero-order chi connectivity index (χ0) is 13.0. The summed E-state index contributed by atoms with van der Waals surface area (Å²) < 4.78 is 18.3. The van der Waals surface area contributed by atoms with Gasteiger partial charge in [0.2, 0.25) is 0 Å². The van der Waals surface area contributed by atoms with Crippen molar-refractivity contribution in [3.05, 3.63) is 53.8 Å². The molecule has 0 saturated heterocycles. The largest absolute Gasteiger partial charge is 0.494 e. The van der Waals surface area contributed by atoms with Crippen LogP contribution in [0.3, 0.4) is 0 Å². The number of hydrogen-bond donors (Lipinski definition) is 1. The average molecular weight is 242 g/mol. The van der Waals surface area contributed by atoms with E-state index in [-0.39, 0.29) is 5.75 Å². The van der Waals surface area contributed by atoms with Crippen molar-refractivity contribution in [2.24, 2.45) is 0 Å². The summed E-state index contributed by atoms with van der Waals surface area (Å²) in [7, 11) is 1.42. The van der Waals surface area contributed by atoms with Crippen molar-refractivity contribution in [2.45, 2.75) is 0 Å². The molecule has 0 spiro atoms. The minimum Gasteiger partial charge on any atom is -0.494 e. The van der Waals surface area contributed by atoms with Gasteiger partial charge in [-0.25, -0.2) is 4.39 Å². The van der Waals surface area contributed by atoms with Crippen molar-refractivity contribution in [1.29, 1.82) is 5.26 Å². The first-order valence-corrected chi connectivity index (χ1v) is 5.33. The van der Waals surface area contributed by atoms with Crippen molar-refractivity contribution in [3.63, 3.8) is 0 Å². The molecule has 3 nitrogen and oxygen atoms in total. The molecule has 0 aliphatic carbocycles. The van der Waals surface area contributed by atoms with Crippen molar-refractivity contribution in [1.82, 2.24) is 0 Å². The van der Waals surface area contributed by atoms with Gasteiger partial charge in [0.15, 0.2) is 11.6 Å². The summed E-state index contributed by atoms with van der Waals surface area (Å²) in [5, 5.41) is 11.7. The highest BCUT2D eigenvalue weighted by Gasteiger charge is 2.03. The summed E-state index contributed by atoms with van der Waals surface area (Å²) in [5.41, 5.74) is 2.00. The van der Waals surface area contributed by atoms with E-state index in [4.69, 9.17) is 10.00 Å². The summed E-state index contributed by atoms with van der Waals surface area (Å²) >= 11 is 0. The number of halogens is 1. The number of methoxy groups -OCH3 is 1. The Labute approximate surface area is 104 Å². The Balaban J connectivity index is 2.18. The van der Waals surface area contributed by atoms with Gasteiger partial charge in [-0.1, -0.05) is 0 Å². The number of nitrogens with zero attached hydrogens (tertiary/aromatic N) is 1. The SMILES string of the molecule is COc1ccc(Nc2ccc(C#N)cc2)cc1F. The average Bonchev–Trinajstić information content (AvgIpc) is 2.40. The summed E-state index contributed by atoms with van der Waals surface area (Å²) in [6.45, 7) is 0. The van der Waals surface area contributed by atoms with Gasteiger partial charge in [0.1, 0.15) is 0 Å². The van der Waals surface area contributed by atoms with Gasteiger partial charge >= 0.3 is 0 Å². The summed E-state index contributed by atoms with van der Waals surface area (Å²) in [6.07, 6.45) is 0. The van der Waals surface area contributed by atoms with E-state index < -0.39 is 5.82 Å². The van der Waals surface area contributed by atoms with Gasteiger partial charge in [-0.2, -0.15) is 5.26 Å². The molecular formula is C14H11FN2O. The van der Waals surface area contributed by atoms with E-state index in [1.807, 2.05) is 6.07 Å². The lowest BCUT2D eigenvalue weighted by molar-refractivity contribution is 0.386. The molecule has 0 radical (unpaired) electrons. The maximum Gasteiger partial charge on any atom is 0.167 e. The summed E-state index contributed by atoms with van der Waals surface area (Å²) in [4.78, 5) is 0. The Hall–Kier alpha value is -2.54. The molecule has 0 aliphatic heterocycles. The number of hydrogen-bond acceptors (Lipinski definition) is 3. The third-order valence-corrected chi connectivity index (χ3v) is 2.45. The van der Waals surface area contributed by atoms with Crippen molar-refractivity contribution < 1.29 is 9.13 Å². The van der Waals surface area contributed by atoms with Crippen molar-refractivity contribution >= 4 is 11.4 Å². The molecule has 2 rings (SSSR count). The molecule has 0 bridgehead atoms. The second-order valence-corrected chi connectivity index (χ2v) is 3.66. The van der Waals surface area contributed by atoms with Crippen LogP contribution < -0.4 is 10.1 Å². The van der Waals surface area contributed by atoms with Gasteiger partial charge in [-0.05, 0) is 36.4 Å². The van der Waals surface area contributed by atoms with Crippen molar-refractivity contribution in [2.75, 3.05) is 12.4 Å². The van der Waals surface area contributed by atoms with Crippen LogP contribution in [-0.4, -0.2) is 7.11 Å². The zero-order valence-electron chi connectivity index (χ0n) is 9.77. The number of nitrogens with one attached hydrogen (secondary N) is 1. The molecule has 0 unspecified atom stereocenters. The number of rotatable bonds is 3. The first-order valence-electron chi connectivity index (χ1n) is 5.33. The molecule has 18 heavy (non-hydrogen) atoms. The molecule has 0 amide bonds. The lowest BCUT2D eigenvalue weighted by Crippen LogP contribution is -1.93. The van der Waals surface area contributed by atoms with Crippen molar-refractivity contribution in [3.8, 4) is 11.8 Å². The smallest absolute Gasteiger partial charge is 0.167 e. The molecule has 0 saturated carbocycles. The number of nitriles is 1. The topological polar surface area (TPSA) is 45.0 Å². The maximum absolute atomic E-state index is 13.5. The van der Waals surface area contributed by atoms with Crippen LogP contribution in [0.5, 0.6) is 5.75 Å². The second-order valence-electron chi connectivity index (χ2n) is 3.66. The third kappa shape index (κ3) is 2.58. The quantitative estimate of drug-likeness (QED) is 0.896. The van der Waals surface area contributed by atoms with E-state index in [9.17, 15) is 4.39 Å². The second kappa shape index (κ2) is 5.19. The highest BCUT2D eigenvalue weighted by Crippen LogP contribution is 2.23. The van der Waals surface area contributed by atoms with E-state index in [1.165, 1.54) is 13.2 Å². The fourth-order valence-electron chi connectivity index (χ4n) is 1.54. The van der Waals surface area contributed by atoms with E-state index >= 15 is 0 Å². The summed E-state index contributed by atoms with van der Waals surface area (Å²) in [5.74, 6) is -0.212. The number of ether oxygens (including phenoxy) is 1. The Morgan fingerprint density at radius 3 is 2.33 bits per heavy atom. The summed E-state index contributed by atoms with van der Waals surface area (Å²) in [6, 6.07) is 13.6. The molecule has 0 fully saturated rings. The van der Waals surface area contributed by atoms with Crippen LogP contribution in [0.4, 0.5) is 15.8 Å². The van der Waals surface area contributed by atoms with Crippen LogP contribution >= 0.6 is 0 Å². The third-order valence-electron chi connectivity index (χ3n) is 2.45. The molecule has 0 heterocycles. The maximum atomic E-state index is 13.5. The number of anilines is 2. The van der Waals surface area contributed by atoms with Gasteiger partial charge in [0.25, 0.3) is 0 Å². The van der Waals surface area contributed by atoms with Crippen LogP contribution in [-0.2, 0) is 0 Å². The van der Waals surface area contributed by atoms with Gasteiger partial charge in [-0.3, -0.25) is 0 Å². The Kier molecular flexibility index (Phi) is 3.44. The molecular weight excluding hydrogens is 231 g/mol. The van der Waals surface area contributed by atoms with Crippen LogP contribution in [0, 0.1) is 17.1 Å². The minimum atomic E-state index is -0.420. The highest BCUT2D eigenvalue weighted by atomic mass is 19.1. The molecule has 2 aromatic rings. The van der Waals surface area contributed by atoms with Crippen LogP contribution in [0.15, 0.2) is 42.5 Å². The Morgan fingerprint density at radius 1 is 1.11 bits per heavy atom. The van der Waals surface area contributed by atoms with Gasteiger partial charge in [0, 0.05) is 17.4 Å². The van der Waals surface area contributed by atoms with E-state index in [1.54, 1.807) is 36.4 Å². The fourth-order valence-corrected chi connectivity index (χ4v) is 1.54. The lowest BCUT2D eigenvalue weighted by atomic mass is 10.2. The van der Waals surface area contributed by atoms with E-state index in [2.05, 4.69) is 5.32 Å². The highest BCUT2D eigenvalue weighted by molar-refractivity contribution is 5.61. The Bertz CT molecular complexity index is 588. The molecule has 1 N–H and O–H groups in total. The molecule has 2 aromatic carbocycles. The first kappa shape index (κ1) is 11.9. The lowest BCUT2D eigenvalue weighted by Gasteiger charge is -2.08. The monoisotopic (exact) mass is 242 g/mol. The van der Waals surface area contributed by atoms with Gasteiger partial charge in [0.05, 0.1) is 18.7 Å². The predicted molar refractivity (Wildman–Crippen MR) is 67.4 cm³/mol. The van der Waals surface area contributed by atoms with E-state index in [0.29, 0.717) is 11.3 Å². The molecule has 90 valence electrons. The molecule has 0 aromatic heterocycles. The van der Waals surface area contributed by atoms with Crippen LogP contribution in [0.2, 0.25) is 0 Å². The zero-order valence-corrected chi connectivity index (χ0v) is 9.77. The number of benzene rings is 2. The molecule has 0 aliphatic rings. The predicted octanol–water partition coefficient (Wildman–Crippen LogP) is 3.45. The Morgan fingerprint density at radius 2 is 1.78 bits per heavy atom. The van der Waals surface area contributed by atoms with Crippen LogP contribution in [0.1, 0.15) is 5.56 Å². The van der Waals surface area contributed by atoms with Gasteiger partial charge in [-0.15, -0.1) is 0 Å². The normalized spacial score (nSPS) is 9.61. The van der Waals surface area contributed by atoms with Crippen LogP contribution in [0.25, 0.3) is 0 Å². The standard InChI is InChI=1S/C14H11FN2O/c1-18-14-7-6-12(8-13(14)15)17-11-4-2-10(9-16)3-5-11/h2-8,17H,1H3. The minimum absolute atomic E-state index is 0.209. The first-order chi connectivity index (χ1) is 8.72.